The van der Waals surface area contributed by atoms with Crippen molar-refractivity contribution < 1.29 is 27.2 Å². The van der Waals surface area contributed by atoms with Gasteiger partial charge in [-0.1, -0.05) is 17.7 Å². The largest absolute Gasteiger partial charge is 0.472 e. The first-order valence-corrected chi connectivity index (χ1v) is 8.65. The number of nitrogens with one attached hydrogen (secondary N) is 1. The van der Waals surface area contributed by atoms with Gasteiger partial charge in [-0.05, 0) is 32.0 Å². The second kappa shape index (κ2) is 7.41. The summed E-state index contributed by atoms with van der Waals surface area (Å²) in [6.07, 6.45) is 2.39. The van der Waals surface area contributed by atoms with E-state index in [9.17, 15) is 18.0 Å². The number of ether oxygens (including phenoxy) is 1. The standard InChI is InChI=1S/C16H17NO6S/c1-3-23-16(19)14(15(18)12-8-9-22-10-12)17-24(20,21)13-6-4-11(2)5-7-13/h4-10,14,17H,3H2,1-2H3. The highest BCUT2D eigenvalue weighted by molar-refractivity contribution is 7.89. The number of esters is 1. The van der Waals surface area contributed by atoms with E-state index in [-0.39, 0.29) is 17.1 Å². The lowest BCUT2D eigenvalue weighted by molar-refractivity contribution is -0.143. The number of sulfonamides is 1. The van der Waals surface area contributed by atoms with Crippen molar-refractivity contribution in [2.45, 2.75) is 24.8 Å². The number of carbonyl (C=O) groups excluding carboxylic acids is 2. The quantitative estimate of drug-likeness (QED) is 0.462. The first-order chi connectivity index (χ1) is 11.3. The van der Waals surface area contributed by atoms with E-state index < -0.39 is 27.8 Å². The molecule has 0 radical (unpaired) electrons. The van der Waals surface area contributed by atoms with Gasteiger partial charge in [-0.3, -0.25) is 4.79 Å². The van der Waals surface area contributed by atoms with E-state index in [2.05, 4.69) is 4.72 Å². The van der Waals surface area contributed by atoms with Crippen LogP contribution in [0.15, 0.2) is 52.2 Å². The lowest BCUT2D eigenvalue weighted by Gasteiger charge is -2.16. The van der Waals surface area contributed by atoms with Crippen LogP contribution < -0.4 is 4.72 Å². The number of furan rings is 1. The van der Waals surface area contributed by atoms with Gasteiger partial charge < -0.3 is 9.15 Å². The van der Waals surface area contributed by atoms with Crippen molar-refractivity contribution in [3.63, 3.8) is 0 Å². The summed E-state index contributed by atoms with van der Waals surface area (Å²) in [5.74, 6) is -1.72. The van der Waals surface area contributed by atoms with Crippen LogP contribution in [0.25, 0.3) is 0 Å². The zero-order valence-corrected chi connectivity index (χ0v) is 14.0. The van der Waals surface area contributed by atoms with Crippen LogP contribution in [0.4, 0.5) is 0 Å². The molecular formula is C16H17NO6S. The number of ketones is 1. The Bertz CT molecular complexity index is 809. The number of benzene rings is 1. The maximum Gasteiger partial charge on any atom is 0.332 e. The second-order valence-corrected chi connectivity index (χ2v) is 6.71. The second-order valence-electron chi connectivity index (χ2n) is 5.00. The Hall–Kier alpha value is -2.45. The highest BCUT2D eigenvalue weighted by Gasteiger charge is 2.34. The van der Waals surface area contributed by atoms with E-state index in [4.69, 9.17) is 9.15 Å². The minimum absolute atomic E-state index is 0.0141. The number of aryl methyl sites for hydroxylation is 1. The molecule has 0 saturated carbocycles. The summed E-state index contributed by atoms with van der Waals surface area (Å²) in [5, 5.41) is 0. The molecule has 0 aliphatic heterocycles. The van der Waals surface area contributed by atoms with Crippen molar-refractivity contribution in [2.24, 2.45) is 0 Å². The smallest absolute Gasteiger partial charge is 0.332 e. The zero-order valence-electron chi connectivity index (χ0n) is 13.2. The van der Waals surface area contributed by atoms with Crippen LogP contribution in [0.5, 0.6) is 0 Å². The predicted octanol–water partition coefficient (Wildman–Crippen LogP) is 1.68. The van der Waals surface area contributed by atoms with E-state index in [1.807, 2.05) is 6.92 Å². The SMILES string of the molecule is CCOC(=O)C(NS(=O)(=O)c1ccc(C)cc1)C(=O)c1ccoc1. The van der Waals surface area contributed by atoms with Gasteiger partial charge in [0.05, 0.1) is 23.3 Å². The molecule has 0 aliphatic rings. The molecule has 1 N–H and O–H groups in total. The van der Waals surface area contributed by atoms with Gasteiger partial charge >= 0.3 is 5.97 Å². The first-order valence-electron chi connectivity index (χ1n) is 7.17. The Morgan fingerprint density at radius 1 is 1.21 bits per heavy atom. The van der Waals surface area contributed by atoms with Crippen molar-refractivity contribution in [1.82, 2.24) is 4.72 Å². The molecule has 0 aliphatic carbocycles. The van der Waals surface area contributed by atoms with Crippen LogP contribution in [0.1, 0.15) is 22.8 Å². The molecule has 2 aromatic rings. The summed E-state index contributed by atoms with van der Waals surface area (Å²) in [7, 11) is -4.08. The molecule has 128 valence electrons. The number of rotatable bonds is 7. The fourth-order valence-corrected chi connectivity index (χ4v) is 3.09. The summed E-state index contributed by atoms with van der Waals surface area (Å²) in [6.45, 7) is 3.39. The van der Waals surface area contributed by atoms with Gasteiger partial charge in [0.2, 0.25) is 10.0 Å². The summed E-state index contributed by atoms with van der Waals surface area (Å²) >= 11 is 0. The van der Waals surface area contributed by atoms with Crippen molar-refractivity contribution >= 4 is 21.8 Å². The third kappa shape index (κ3) is 4.09. The van der Waals surface area contributed by atoms with Crippen LogP contribution in [0.2, 0.25) is 0 Å². The predicted molar refractivity (Wildman–Crippen MR) is 85.0 cm³/mol. The van der Waals surface area contributed by atoms with Crippen molar-refractivity contribution in [1.29, 1.82) is 0 Å². The highest BCUT2D eigenvalue weighted by atomic mass is 32.2. The molecule has 1 unspecified atom stereocenters. The lowest BCUT2D eigenvalue weighted by Crippen LogP contribution is -2.47. The van der Waals surface area contributed by atoms with Crippen LogP contribution in [-0.2, 0) is 19.6 Å². The molecule has 8 heteroatoms. The maximum atomic E-state index is 12.4. The molecular weight excluding hydrogens is 334 g/mol. The first kappa shape index (κ1) is 17.9. The Balaban J connectivity index is 2.32. The van der Waals surface area contributed by atoms with Gasteiger partial charge in [-0.15, -0.1) is 0 Å². The average molecular weight is 351 g/mol. The molecule has 2 rings (SSSR count). The van der Waals surface area contributed by atoms with Gasteiger partial charge in [0.1, 0.15) is 6.26 Å². The Morgan fingerprint density at radius 2 is 1.88 bits per heavy atom. The molecule has 7 nitrogen and oxygen atoms in total. The topological polar surface area (TPSA) is 103 Å². The Morgan fingerprint density at radius 3 is 2.42 bits per heavy atom. The number of hydrogen-bond acceptors (Lipinski definition) is 6. The van der Waals surface area contributed by atoms with E-state index in [1.165, 1.54) is 24.5 Å². The van der Waals surface area contributed by atoms with Crippen molar-refractivity contribution in [3.05, 3.63) is 54.0 Å². The summed E-state index contributed by atoms with van der Waals surface area (Å²) < 4.78 is 36.6. The summed E-state index contributed by atoms with van der Waals surface area (Å²) in [4.78, 5) is 24.4. The fraction of sp³-hybridized carbons (Fsp3) is 0.250. The van der Waals surface area contributed by atoms with Gasteiger partial charge in [0.15, 0.2) is 11.8 Å². The highest BCUT2D eigenvalue weighted by Crippen LogP contribution is 2.13. The number of Topliss-reactive ketones (excluding diaryl/α,β-unsaturated/α-hetero) is 1. The van der Waals surface area contributed by atoms with Gasteiger partial charge in [-0.2, -0.15) is 4.72 Å². The third-order valence-corrected chi connectivity index (χ3v) is 4.63. The third-order valence-electron chi connectivity index (χ3n) is 3.19. The fourth-order valence-electron chi connectivity index (χ4n) is 1.95. The Labute approximate surface area is 139 Å². The van der Waals surface area contributed by atoms with E-state index in [0.29, 0.717) is 0 Å². The van der Waals surface area contributed by atoms with Gasteiger partial charge in [0.25, 0.3) is 0 Å². The zero-order chi connectivity index (χ0) is 17.7. The van der Waals surface area contributed by atoms with Crippen LogP contribution in [-0.4, -0.2) is 32.8 Å². The normalized spacial score (nSPS) is 12.6. The molecule has 1 aromatic heterocycles. The van der Waals surface area contributed by atoms with Crippen LogP contribution in [0, 0.1) is 6.92 Å². The summed E-state index contributed by atoms with van der Waals surface area (Å²) in [5.41, 5.74) is 0.949. The number of carbonyl (C=O) groups is 2. The molecule has 1 atom stereocenters. The molecule has 1 heterocycles. The van der Waals surface area contributed by atoms with Crippen LogP contribution in [0.3, 0.4) is 0 Å². The van der Waals surface area contributed by atoms with Crippen molar-refractivity contribution in [2.75, 3.05) is 6.61 Å². The number of hydrogen-bond donors (Lipinski definition) is 1. The summed E-state index contributed by atoms with van der Waals surface area (Å²) in [6, 6.07) is 5.67. The molecule has 1 aromatic carbocycles. The van der Waals surface area contributed by atoms with E-state index in [1.54, 1.807) is 19.1 Å². The van der Waals surface area contributed by atoms with Gasteiger partial charge in [-0.25, -0.2) is 13.2 Å². The maximum absolute atomic E-state index is 12.4. The molecule has 0 fully saturated rings. The van der Waals surface area contributed by atoms with Crippen LogP contribution >= 0.6 is 0 Å². The van der Waals surface area contributed by atoms with E-state index in [0.717, 1.165) is 11.8 Å². The molecule has 0 spiro atoms. The average Bonchev–Trinajstić information content (AvgIpc) is 3.07. The minimum Gasteiger partial charge on any atom is -0.472 e. The monoisotopic (exact) mass is 351 g/mol. The molecule has 0 bridgehead atoms. The lowest BCUT2D eigenvalue weighted by atomic mass is 10.1. The molecule has 24 heavy (non-hydrogen) atoms. The molecule has 0 amide bonds. The van der Waals surface area contributed by atoms with Crippen molar-refractivity contribution in [3.8, 4) is 0 Å². The molecule has 0 saturated heterocycles. The minimum atomic E-state index is -4.08. The Kier molecular flexibility index (Phi) is 5.53. The van der Waals surface area contributed by atoms with Gasteiger partial charge in [0, 0.05) is 0 Å². The van der Waals surface area contributed by atoms with E-state index >= 15 is 0 Å².